The van der Waals surface area contributed by atoms with E-state index in [0.717, 1.165) is 0 Å². The third-order valence-electron chi connectivity index (χ3n) is 7.73. The van der Waals surface area contributed by atoms with E-state index < -0.39 is 8.07 Å². The van der Waals surface area contributed by atoms with Crippen LogP contribution in [0.4, 0.5) is 0 Å². The molecule has 0 nitrogen and oxygen atoms in total. The van der Waals surface area contributed by atoms with E-state index >= 15 is 0 Å². The first-order valence-corrected chi connectivity index (χ1v) is 13.8. The highest BCUT2D eigenvalue weighted by molar-refractivity contribution is 6.92. The number of hydrogen-bond donors (Lipinski definition) is 0. The molecule has 4 aliphatic carbocycles. The Hall–Kier alpha value is -1.86. The van der Waals surface area contributed by atoms with Gasteiger partial charge in [0.1, 0.15) is 8.07 Å². The molecule has 6 rings (SSSR count). The third kappa shape index (κ3) is 2.40. The van der Waals surface area contributed by atoms with Gasteiger partial charge in [-0.1, -0.05) is 59.9 Å². The fraction of sp³-hybridized carbons (Fsp3) is 0.385. The van der Waals surface area contributed by atoms with Crippen LogP contribution in [-0.2, 0) is 38.5 Å². The molecule has 0 atom stereocenters. The maximum Gasteiger partial charge on any atom is 0.103 e. The Balaban J connectivity index is 1.33. The fourth-order valence-corrected chi connectivity index (χ4v) is 8.57. The molecule has 0 aromatic heterocycles. The van der Waals surface area contributed by atoms with Crippen molar-refractivity contribution in [3.05, 3.63) is 79.2 Å². The Morgan fingerprint density at radius 3 is 1.41 bits per heavy atom. The maximum absolute atomic E-state index is 2.59. The lowest BCUT2D eigenvalue weighted by Gasteiger charge is -2.26. The summed E-state index contributed by atoms with van der Waals surface area (Å²) < 4.78 is 0. The topological polar surface area (TPSA) is 0 Å². The Labute approximate surface area is 164 Å². The van der Waals surface area contributed by atoms with E-state index in [-0.39, 0.29) is 0 Å². The Kier molecular flexibility index (Phi) is 3.33. The summed E-state index contributed by atoms with van der Waals surface area (Å²) in [4.78, 5) is 0. The molecule has 0 radical (unpaired) electrons. The summed E-state index contributed by atoms with van der Waals surface area (Å²) in [6, 6.07) is 10.1. The Morgan fingerprint density at radius 2 is 0.963 bits per heavy atom. The molecule has 0 unspecified atom stereocenters. The summed E-state index contributed by atoms with van der Waals surface area (Å²) >= 11 is 0. The molecule has 0 amide bonds. The minimum atomic E-state index is -1.56. The Morgan fingerprint density at radius 1 is 0.556 bits per heavy atom. The lowest BCUT2D eigenvalue weighted by Crippen LogP contribution is -2.32. The molecule has 0 heterocycles. The van der Waals surface area contributed by atoms with Gasteiger partial charge in [-0.2, -0.15) is 0 Å². The van der Waals surface area contributed by atoms with Crippen LogP contribution in [0.25, 0.3) is 12.2 Å². The first-order valence-electron chi connectivity index (χ1n) is 10.8. The van der Waals surface area contributed by atoms with Crippen LogP contribution in [0.1, 0.15) is 57.3 Å². The van der Waals surface area contributed by atoms with Crippen molar-refractivity contribution in [2.45, 2.75) is 64.5 Å². The molecule has 0 fully saturated rings. The highest BCUT2D eigenvalue weighted by Gasteiger charge is 2.36. The molecule has 0 saturated carbocycles. The predicted octanol–water partition coefficient (Wildman–Crippen LogP) is 6.03. The van der Waals surface area contributed by atoms with Gasteiger partial charge in [0.05, 0.1) is 0 Å². The third-order valence-corrected chi connectivity index (χ3v) is 11.6. The molecule has 0 bridgehead atoms. The molecule has 136 valence electrons. The largest absolute Gasteiger partial charge is 0.103 e. The van der Waals surface area contributed by atoms with E-state index in [0.29, 0.717) is 0 Å². The normalized spacial score (nSPS) is 19.5. The van der Waals surface area contributed by atoms with Crippen LogP contribution in [0.15, 0.2) is 34.7 Å². The van der Waals surface area contributed by atoms with Gasteiger partial charge in [0.2, 0.25) is 0 Å². The number of allylic oxidation sites excluding steroid dienone is 2. The van der Waals surface area contributed by atoms with Crippen molar-refractivity contribution < 1.29 is 0 Å². The fourth-order valence-electron chi connectivity index (χ4n) is 5.86. The average Bonchev–Trinajstić information content (AvgIpc) is 3.40. The zero-order chi connectivity index (χ0) is 18.2. The number of aryl methyl sites for hydroxylation is 4. The number of hydrogen-bond acceptors (Lipinski definition) is 0. The van der Waals surface area contributed by atoms with Crippen LogP contribution in [0.3, 0.4) is 0 Å². The van der Waals surface area contributed by atoms with E-state index in [2.05, 4.69) is 49.5 Å². The summed E-state index contributed by atoms with van der Waals surface area (Å²) in [5.41, 5.74) is 12.8. The van der Waals surface area contributed by atoms with Crippen molar-refractivity contribution in [2.75, 3.05) is 0 Å². The van der Waals surface area contributed by atoms with Crippen molar-refractivity contribution >= 4 is 20.2 Å². The predicted molar refractivity (Wildman–Crippen MR) is 118 cm³/mol. The molecular weight excluding hydrogens is 340 g/mol. The quantitative estimate of drug-likeness (QED) is 0.568. The maximum atomic E-state index is 2.59. The number of rotatable bonds is 2. The Bertz CT molecular complexity index is 965. The second-order valence-electron chi connectivity index (χ2n) is 9.66. The average molecular weight is 369 g/mol. The second-order valence-corrected chi connectivity index (χ2v) is 14.2. The molecule has 0 N–H and O–H groups in total. The van der Waals surface area contributed by atoms with Crippen molar-refractivity contribution in [2.24, 2.45) is 0 Å². The zero-order valence-electron chi connectivity index (χ0n) is 16.6. The molecule has 27 heavy (non-hydrogen) atoms. The number of benzene rings is 2. The van der Waals surface area contributed by atoms with Crippen molar-refractivity contribution in [1.82, 2.24) is 0 Å². The van der Waals surface area contributed by atoms with Crippen molar-refractivity contribution in [3.8, 4) is 0 Å². The van der Waals surface area contributed by atoms with Gasteiger partial charge in [-0.25, -0.2) is 0 Å². The van der Waals surface area contributed by atoms with Crippen LogP contribution in [-0.4, -0.2) is 8.07 Å². The van der Waals surface area contributed by atoms with Gasteiger partial charge < -0.3 is 0 Å². The lowest BCUT2D eigenvalue weighted by atomic mass is 10.0. The van der Waals surface area contributed by atoms with E-state index in [9.17, 15) is 0 Å². The van der Waals surface area contributed by atoms with Crippen LogP contribution in [0, 0.1) is 0 Å². The van der Waals surface area contributed by atoms with Gasteiger partial charge in [0.15, 0.2) is 0 Å². The van der Waals surface area contributed by atoms with Gasteiger partial charge in [-0.05, 0) is 95.9 Å². The van der Waals surface area contributed by atoms with Gasteiger partial charge in [-0.15, -0.1) is 0 Å². The van der Waals surface area contributed by atoms with E-state index in [4.69, 9.17) is 0 Å². The summed E-state index contributed by atoms with van der Waals surface area (Å²) in [6.07, 6.45) is 15.4. The first-order chi connectivity index (χ1) is 13.1. The van der Waals surface area contributed by atoms with Crippen molar-refractivity contribution in [3.63, 3.8) is 0 Å². The molecule has 2 aromatic carbocycles. The van der Waals surface area contributed by atoms with E-state index in [1.54, 1.807) is 43.8 Å². The zero-order valence-corrected chi connectivity index (χ0v) is 17.6. The number of fused-ring (bicyclic) bond motifs is 4. The molecule has 4 aliphatic rings. The van der Waals surface area contributed by atoms with E-state index in [1.165, 1.54) is 62.5 Å². The molecule has 0 spiro atoms. The van der Waals surface area contributed by atoms with Gasteiger partial charge >= 0.3 is 0 Å². The lowest BCUT2D eigenvalue weighted by molar-refractivity contribution is 0.911. The molecule has 2 aromatic rings. The standard InChI is InChI=1S/C26H28Si/c1-27(2,25-13-21-9-17-5-3-6-18(17)10-22(21)14-25)26-15-23-11-19-7-4-8-20(19)12-24(23)16-26/h9-13,15H,3-8,14,16H2,1-2H3. The van der Waals surface area contributed by atoms with Crippen LogP contribution < -0.4 is 0 Å². The van der Waals surface area contributed by atoms with Gasteiger partial charge in [-0.3, -0.25) is 0 Å². The van der Waals surface area contributed by atoms with Crippen molar-refractivity contribution in [1.29, 1.82) is 0 Å². The smallest absolute Gasteiger partial charge is 0.0715 e. The van der Waals surface area contributed by atoms with Crippen LogP contribution in [0.2, 0.25) is 13.1 Å². The summed E-state index contributed by atoms with van der Waals surface area (Å²) in [5.74, 6) is 0. The minimum Gasteiger partial charge on any atom is -0.0715 e. The molecule has 0 saturated heterocycles. The van der Waals surface area contributed by atoms with Gasteiger partial charge in [0, 0.05) is 0 Å². The van der Waals surface area contributed by atoms with E-state index in [1.807, 2.05) is 0 Å². The van der Waals surface area contributed by atoms with Crippen LogP contribution >= 0.6 is 0 Å². The molecular formula is C26H28Si. The summed E-state index contributed by atoms with van der Waals surface area (Å²) in [5, 5.41) is 3.49. The molecule has 1 heteroatoms. The first kappa shape index (κ1) is 16.1. The monoisotopic (exact) mass is 368 g/mol. The second kappa shape index (κ2) is 5.58. The minimum absolute atomic E-state index is 1.20. The highest BCUT2D eigenvalue weighted by Crippen LogP contribution is 2.41. The summed E-state index contributed by atoms with van der Waals surface area (Å²) in [6.45, 7) is 5.17. The summed E-state index contributed by atoms with van der Waals surface area (Å²) in [7, 11) is -1.56. The highest BCUT2D eigenvalue weighted by atomic mass is 28.3. The molecule has 0 aliphatic heterocycles. The van der Waals surface area contributed by atoms with Crippen LogP contribution in [0.5, 0.6) is 0 Å². The van der Waals surface area contributed by atoms with Gasteiger partial charge in [0.25, 0.3) is 0 Å². The SMILES string of the molecule is C[Si](C)(C1=Cc2cc3c(cc2C1)CCC3)C1=Cc2cc3c(cc2C1)CCC3.